The molecule has 0 saturated heterocycles. The Morgan fingerprint density at radius 3 is 2.92 bits per heavy atom. The van der Waals surface area contributed by atoms with Crippen molar-refractivity contribution in [2.45, 2.75) is 0 Å². The summed E-state index contributed by atoms with van der Waals surface area (Å²) in [5.41, 5.74) is 3.72. The van der Waals surface area contributed by atoms with Gasteiger partial charge in [0, 0.05) is 0 Å². The summed E-state index contributed by atoms with van der Waals surface area (Å²) in [6.45, 7) is 1.70. The van der Waals surface area contributed by atoms with Gasteiger partial charge in [0.2, 0.25) is 0 Å². The Kier molecular flexibility index (Phi) is 3.35. The predicted molar refractivity (Wildman–Crippen MR) is 47.0 cm³/mol. The molecule has 0 aromatic carbocycles. The van der Waals surface area contributed by atoms with Gasteiger partial charge in [-0.25, -0.2) is 4.98 Å². The number of ether oxygens (including phenoxy) is 1. The van der Waals surface area contributed by atoms with Crippen LogP contribution in [0.2, 0.25) is 0 Å². The Balaban J connectivity index is 2.53. The molecule has 66 valence electrons. The number of aromatic nitrogens is 1. The van der Waals surface area contributed by atoms with Gasteiger partial charge in [-0.2, -0.15) is 0 Å². The molecule has 0 spiro atoms. The first kappa shape index (κ1) is 8.80. The van der Waals surface area contributed by atoms with Crippen LogP contribution in [0.15, 0.2) is 18.3 Å². The van der Waals surface area contributed by atoms with Crippen molar-refractivity contribution in [2.75, 3.05) is 25.5 Å². The van der Waals surface area contributed by atoms with Crippen LogP contribution >= 0.6 is 0 Å². The Morgan fingerprint density at radius 1 is 1.58 bits per heavy atom. The second-order valence-corrected chi connectivity index (χ2v) is 2.36. The minimum Gasteiger partial charge on any atom is -0.495 e. The smallest absolute Gasteiger partial charge is 0.137 e. The minimum absolute atomic E-state index is 0.773. The average Bonchev–Trinajstić information content (AvgIpc) is 2.15. The Bertz CT molecular complexity index is 222. The van der Waals surface area contributed by atoms with Crippen molar-refractivity contribution in [3.8, 4) is 5.75 Å². The van der Waals surface area contributed by atoms with E-state index in [0.717, 1.165) is 24.7 Å². The highest BCUT2D eigenvalue weighted by Gasteiger charge is 1.93. The lowest BCUT2D eigenvalue weighted by molar-refractivity contribution is -0.362. The quantitative estimate of drug-likeness (QED) is 0.651. The van der Waals surface area contributed by atoms with Crippen molar-refractivity contribution in [3.63, 3.8) is 0 Å². The maximum atomic E-state index is 4.97. The van der Waals surface area contributed by atoms with Crippen LogP contribution in [0.3, 0.4) is 0 Å². The van der Waals surface area contributed by atoms with Gasteiger partial charge < -0.3 is 15.8 Å². The van der Waals surface area contributed by atoms with Crippen molar-refractivity contribution in [1.82, 2.24) is 4.98 Å². The van der Waals surface area contributed by atoms with Gasteiger partial charge in [-0.1, -0.05) is 0 Å². The highest BCUT2D eigenvalue weighted by molar-refractivity contribution is 5.37. The Labute approximate surface area is 71.7 Å². The monoisotopic (exact) mass is 168 g/mol. The van der Waals surface area contributed by atoms with Crippen molar-refractivity contribution in [2.24, 2.45) is 0 Å². The number of nitrogens with zero attached hydrogens (tertiary/aromatic N) is 1. The first-order valence-corrected chi connectivity index (χ1v) is 3.90. The fourth-order valence-corrected chi connectivity index (χ4v) is 0.822. The van der Waals surface area contributed by atoms with Crippen LogP contribution in [-0.2, 0) is 0 Å². The summed E-state index contributed by atoms with van der Waals surface area (Å²) in [6, 6.07) is 3.76. The number of anilines is 1. The molecule has 1 aromatic rings. The van der Waals surface area contributed by atoms with Crippen LogP contribution in [-0.4, -0.2) is 25.2 Å². The third kappa shape index (κ3) is 2.39. The molecule has 1 heterocycles. The molecule has 4 N–H and O–H groups in total. The normalized spacial score (nSPS) is 9.50. The number of quaternary nitrogens is 1. The molecule has 1 rings (SSSR count). The van der Waals surface area contributed by atoms with Gasteiger partial charge in [-0.05, 0) is 12.1 Å². The zero-order chi connectivity index (χ0) is 8.81. The van der Waals surface area contributed by atoms with E-state index in [4.69, 9.17) is 4.74 Å². The zero-order valence-corrected chi connectivity index (χ0v) is 7.21. The van der Waals surface area contributed by atoms with Gasteiger partial charge >= 0.3 is 0 Å². The van der Waals surface area contributed by atoms with E-state index in [-0.39, 0.29) is 0 Å². The van der Waals surface area contributed by atoms with Crippen LogP contribution in [0.25, 0.3) is 0 Å². The summed E-state index contributed by atoms with van der Waals surface area (Å²) in [4.78, 5) is 4.12. The summed E-state index contributed by atoms with van der Waals surface area (Å²) in [5.74, 6) is 1.63. The molecular weight excluding hydrogens is 154 g/mol. The highest BCUT2D eigenvalue weighted by Crippen LogP contribution is 2.10. The fourth-order valence-electron chi connectivity index (χ4n) is 0.822. The average molecular weight is 168 g/mol. The summed E-state index contributed by atoms with van der Waals surface area (Å²) in [6.07, 6.45) is 1.69. The van der Waals surface area contributed by atoms with Crippen molar-refractivity contribution < 1.29 is 10.5 Å². The molecule has 0 radical (unpaired) electrons. The van der Waals surface area contributed by atoms with Crippen LogP contribution < -0.4 is 15.8 Å². The SMILES string of the molecule is COc1ccc(NCC[NH3+])nc1. The Hall–Kier alpha value is -1.29. The third-order valence-electron chi connectivity index (χ3n) is 1.45. The molecule has 0 atom stereocenters. The molecule has 0 aliphatic heterocycles. The Morgan fingerprint density at radius 2 is 2.42 bits per heavy atom. The zero-order valence-electron chi connectivity index (χ0n) is 7.21. The van der Waals surface area contributed by atoms with E-state index in [9.17, 15) is 0 Å². The van der Waals surface area contributed by atoms with Crippen LogP contribution in [0.4, 0.5) is 5.82 Å². The first-order valence-electron chi connectivity index (χ1n) is 3.90. The van der Waals surface area contributed by atoms with Gasteiger partial charge in [0.1, 0.15) is 11.6 Å². The maximum absolute atomic E-state index is 4.97. The van der Waals surface area contributed by atoms with Crippen molar-refractivity contribution in [1.29, 1.82) is 0 Å². The van der Waals surface area contributed by atoms with E-state index in [2.05, 4.69) is 16.0 Å². The van der Waals surface area contributed by atoms with Crippen LogP contribution in [0.1, 0.15) is 0 Å². The lowest BCUT2D eigenvalue weighted by atomic mass is 10.4. The molecule has 0 amide bonds. The fraction of sp³-hybridized carbons (Fsp3) is 0.375. The van der Waals surface area contributed by atoms with Gasteiger partial charge in [-0.3, -0.25) is 0 Å². The molecule has 12 heavy (non-hydrogen) atoms. The van der Waals surface area contributed by atoms with E-state index in [1.54, 1.807) is 13.3 Å². The second-order valence-electron chi connectivity index (χ2n) is 2.36. The van der Waals surface area contributed by atoms with Gasteiger partial charge in [0.05, 0.1) is 26.4 Å². The van der Waals surface area contributed by atoms with E-state index in [1.807, 2.05) is 12.1 Å². The molecule has 4 nitrogen and oxygen atoms in total. The standard InChI is InChI=1S/C8H13N3O/c1-12-7-2-3-8(11-6-7)10-5-4-9/h2-3,6H,4-5,9H2,1H3,(H,10,11)/p+1. The molecule has 0 bridgehead atoms. The minimum atomic E-state index is 0.773. The van der Waals surface area contributed by atoms with Crippen LogP contribution in [0.5, 0.6) is 5.75 Å². The largest absolute Gasteiger partial charge is 0.495 e. The molecule has 0 unspecified atom stereocenters. The third-order valence-corrected chi connectivity index (χ3v) is 1.45. The maximum Gasteiger partial charge on any atom is 0.137 e. The number of methoxy groups -OCH3 is 1. The summed E-state index contributed by atoms with van der Waals surface area (Å²) >= 11 is 0. The van der Waals surface area contributed by atoms with Crippen molar-refractivity contribution >= 4 is 5.82 Å². The number of hydrogen-bond donors (Lipinski definition) is 2. The molecule has 0 saturated carbocycles. The lowest BCUT2D eigenvalue weighted by Crippen LogP contribution is -2.53. The highest BCUT2D eigenvalue weighted by atomic mass is 16.5. The molecule has 4 heteroatoms. The van der Waals surface area contributed by atoms with Gasteiger partial charge in [-0.15, -0.1) is 0 Å². The van der Waals surface area contributed by atoms with E-state index >= 15 is 0 Å². The molecule has 0 aliphatic rings. The summed E-state index contributed by atoms with van der Waals surface area (Å²) in [5, 5.41) is 3.12. The first-order chi connectivity index (χ1) is 5.86. The second kappa shape index (κ2) is 4.56. The van der Waals surface area contributed by atoms with Gasteiger partial charge in [0.25, 0.3) is 0 Å². The lowest BCUT2D eigenvalue weighted by Gasteiger charge is -2.02. The number of rotatable bonds is 4. The molecule has 1 aromatic heterocycles. The van der Waals surface area contributed by atoms with Crippen molar-refractivity contribution in [3.05, 3.63) is 18.3 Å². The number of hydrogen-bond acceptors (Lipinski definition) is 3. The summed E-state index contributed by atoms with van der Waals surface area (Å²) in [7, 11) is 1.63. The molecular formula is C8H14N3O+. The number of nitrogens with one attached hydrogen (secondary N) is 1. The number of pyridine rings is 1. The molecule has 0 aliphatic carbocycles. The van der Waals surface area contributed by atoms with E-state index < -0.39 is 0 Å². The van der Waals surface area contributed by atoms with E-state index in [1.165, 1.54) is 0 Å². The topological polar surface area (TPSA) is 61.8 Å². The van der Waals surface area contributed by atoms with E-state index in [0.29, 0.717) is 0 Å². The summed E-state index contributed by atoms with van der Waals surface area (Å²) < 4.78 is 4.97. The molecule has 0 fully saturated rings. The van der Waals surface area contributed by atoms with Crippen LogP contribution in [0, 0.1) is 0 Å². The van der Waals surface area contributed by atoms with Gasteiger partial charge in [0.15, 0.2) is 0 Å². The predicted octanol–water partition coefficient (Wildman–Crippen LogP) is -0.256.